The quantitative estimate of drug-likeness (QED) is 0.736. The molecule has 0 spiro atoms. The number of aromatic nitrogens is 2. The summed E-state index contributed by atoms with van der Waals surface area (Å²) in [6, 6.07) is 18.4. The number of benzene rings is 2. The van der Waals surface area contributed by atoms with Crippen LogP contribution in [0.4, 0.5) is 5.82 Å². The van der Waals surface area contributed by atoms with E-state index in [9.17, 15) is 0 Å². The van der Waals surface area contributed by atoms with Crippen molar-refractivity contribution in [1.82, 2.24) is 9.97 Å². The van der Waals surface area contributed by atoms with Gasteiger partial charge in [0.15, 0.2) is 5.82 Å². The summed E-state index contributed by atoms with van der Waals surface area (Å²) >= 11 is 1.67. The second-order valence-electron chi connectivity index (χ2n) is 5.36. The summed E-state index contributed by atoms with van der Waals surface area (Å²) in [5.74, 6) is 0.959. The molecule has 1 aromatic heterocycles. The first-order valence-corrected chi connectivity index (χ1v) is 8.54. The Morgan fingerprint density at radius 1 is 0.826 bits per heavy atom. The summed E-state index contributed by atoms with van der Waals surface area (Å²) < 4.78 is 5.47. The maximum absolute atomic E-state index is 5.47. The zero-order valence-corrected chi connectivity index (χ0v) is 13.5. The van der Waals surface area contributed by atoms with E-state index in [0.717, 1.165) is 48.2 Å². The van der Waals surface area contributed by atoms with Gasteiger partial charge in [0.05, 0.1) is 24.2 Å². The van der Waals surface area contributed by atoms with Gasteiger partial charge in [-0.25, -0.2) is 9.97 Å². The molecule has 0 amide bonds. The lowest BCUT2D eigenvalue weighted by atomic mass is 10.3. The number of fused-ring (bicyclic) bond motifs is 1. The van der Waals surface area contributed by atoms with E-state index in [0.29, 0.717) is 0 Å². The molecule has 1 fully saturated rings. The molecular weight excluding hydrogens is 306 g/mol. The van der Waals surface area contributed by atoms with Gasteiger partial charge in [0.2, 0.25) is 0 Å². The SMILES string of the molecule is c1ccc(Sc2nc3ccccc3nc2N2CCOCC2)cc1. The molecular formula is C18H17N3OS. The number of nitrogens with zero attached hydrogens (tertiary/aromatic N) is 3. The third kappa shape index (κ3) is 3.16. The van der Waals surface area contributed by atoms with Crippen LogP contribution >= 0.6 is 11.8 Å². The highest BCUT2D eigenvalue weighted by Gasteiger charge is 2.19. The van der Waals surface area contributed by atoms with Crippen LogP contribution in [0.15, 0.2) is 64.5 Å². The van der Waals surface area contributed by atoms with Gasteiger partial charge in [-0.15, -0.1) is 0 Å². The van der Waals surface area contributed by atoms with E-state index in [4.69, 9.17) is 14.7 Å². The van der Waals surface area contributed by atoms with Crippen LogP contribution in [0, 0.1) is 0 Å². The monoisotopic (exact) mass is 323 g/mol. The van der Waals surface area contributed by atoms with Crippen molar-refractivity contribution in [3.63, 3.8) is 0 Å². The predicted octanol–water partition coefficient (Wildman–Crippen LogP) is 3.62. The number of para-hydroxylation sites is 2. The number of hydrogen-bond donors (Lipinski definition) is 0. The van der Waals surface area contributed by atoms with Crippen LogP contribution in [0.2, 0.25) is 0 Å². The normalized spacial score (nSPS) is 15.0. The van der Waals surface area contributed by atoms with Crippen molar-refractivity contribution in [2.75, 3.05) is 31.2 Å². The highest BCUT2D eigenvalue weighted by atomic mass is 32.2. The highest BCUT2D eigenvalue weighted by Crippen LogP contribution is 2.34. The number of anilines is 1. The molecule has 23 heavy (non-hydrogen) atoms. The lowest BCUT2D eigenvalue weighted by Gasteiger charge is -2.29. The molecule has 2 aromatic carbocycles. The van der Waals surface area contributed by atoms with Crippen molar-refractivity contribution in [3.05, 3.63) is 54.6 Å². The lowest BCUT2D eigenvalue weighted by molar-refractivity contribution is 0.122. The van der Waals surface area contributed by atoms with E-state index in [1.54, 1.807) is 11.8 Å². The molecule has 0 unspecified atom stereocenters. The molecule has 0 radical (unpaired) electrons. The molecule has 4 nitrogen and oxygen atoms in total. The van der Waals surface area contributed by atoms with Crippen LogP contribution in [0.5, 0.6) is 0 Å². The molecule has 0 bridgehead atoms. The molecule has 5 heteroatoms. The minimum absolute atomic E-state index is 0.740. The predicted molar refractivity (Wildman–Crippen MR) is 93.1 cm³/mol. The van der Waals surface area contributed by atoms with Crippen LogP contribution in [0.25, 0.3) is 11.0 Å². The third-order valence-corrected chi connectivity index (χ3v) is 4.76. The van der Waals surface area contributed by atoms with Crippen molar-refractivity contribution >= 4 is 28.6 Å². The van der Waals surface area contributed by atoms with Crippen molar-refractivity contribution in [2.24, 2.45) is 0 Å². The van der Waals surface area contributed by atoms with Gasteiger partial charge < -0.3 is 9.64 Å². The van der Waals surface area contributed by atoms with Gasteiger partial charge >= 0.3 is 0 Å². The van der Waals surface area contributed by atoms with Gasteiger partial charge in [0, 0.05) is 18.0 Å². The summed E-state index contributed by atoms with van der Waals surface area (Å²) in [4.78, 5) is 13.2. The lowest BCUT2D eigenvalue weighted by Crippen LogP contribution is -2.37. The zero-order chi connectivity index (χ0) is 15.5. The molecule has 4 rings (SSSR count). The van der Waals surface area contributed by atoms with Crippen LogP contribution in [0.3, 0.4) is 0 Å². The minimum Gasteiger partial charge on any atom is -0.378 e. The molecule has 1 aliphatic rings. The fourth-order valence-corrected chi connectivity index (χ4v) is 3.55. The summed E-state index contributed by atoms with van der Waals surface area (Å²) in [5.41, 5.74) is 1.87. The molecule has 0 N–H and O–H groups in total. The first-order valence-electron chi connectivity index (χ1n) is 7.72. The van der Waals surface area contributed by atoms with E-state index in [1.807, 2.05) is 42.5 Å². The molecule has 1 saturated heterocycles. The van der Waals surface area contributed by atoms with Gasteiger partial charge in [-0.05, 0) is 24.3 Å². The second-order valence-corrected chi connectivity index (χ2v) is 6.42. The first kappa shape index (κ1) is 14.5. The number of morpholine rings is 1. The Hall–Kier alpha value is -2.11. The molecule has 0 saturated carbocycles. The Morgan fingerprint density at radius 3 is 2.22 bits per heavy atom. The van der Waals surface area contributed by atoms with Gasteiger partial charge in [0.1, 0.15) is 5.03 Å². The van der Waals surface area contributed by atoms with Crippen LogP contribution in [-0.2, 0) is 4.74 Å². The van der Waals surface area contributed by atoms with E-state index < -0.39 is 0 Å². The van der Waals surface area contributed by atoms with Crippen molar-refractivity contribution < 1.29 is 4.74 Å². The summed E-state index contributed by atoms with van der Waals surface area (Å²) in [6.45, 7) is 3.19. The summed E-state index contributed by atoms with van der Waals surface area (Å²) in [7, 11) is 0. The van der Waals surface area contributed by atoms with E-state index in [-0.39, 0.29) is 0 Å². The molecule has 1 aliphatic heterocycles. The Bertz CT molecular complexity index is 804. The van der Waals surface area contributed by atoms with Gasteiger partial charge in [-0.2, -0.15) is 0 Å². The Kier molecular flexibility index (Phi) is 4.13. The molecule has 116 valence electrons. The zero-order valence-electron chi connectivity index (χ0n) is 12.7. The number of hydrogen-bond acceptors (Lipinski definition) is 5. The number of rotatable bonds is 3. The average molecular weight is 323 g/mol. The van der Waals surface area contributed by atoms with Crippen molar-refractivity contribution in [2.45, 2.75) is 9.92 Å². The molecule has 0 atom stereocenters. The van der Waals surface area contributed by atoms with E-state index >= 15 is 0 Å². The smallest absolute Gasteiger partial charge is 0.162 e. The average Bonchev–Trinajstić information content (AvgIpc) is 2.63. The minimum atomic E-state index is 0.740. The van der Waals surface area contributed by atoms with Gasteiger partial charge in [0.25, 0.3) is 0 Å². The van der Waals surface area contributed by atoms with Crippen molar-refractivity contribution in [1.29, 1.82) is 0 Å². The molecule has 2 heterocycles. The number of ether oxygens (including phenoxy) is 1. The Morgan fingerprint density at radius 2 is 1.48 bits per heavy atom. The Balaban J connectivity index is 1.78. The fourth-order valence-electron chi connectivity index (χ4n) is 2.62. The van der Waals surface area contributed by atoms with Crippen molar-refractivity contribution in [3.8, 4) is 0 Å². The van der Waals surface area contributed by atoms with E-state index in [2.05, 4.69) is 17.0 Å². The van der Waals surface area contributed by atoms with Gasteiger partial charge in [-0.1, -0.05) is 42.1 Å². The highest BCUT2D eigenvalue weighted by molar-refractivity contribution is 7.99. The fraction of sp³-hybridized carbons (Fsp3) is 0.222. The Labute approximate surface area is 139 Å². The third-order valence-electron chi connectivity index (χ3n) is 3.79. The van der Waals surface area contributed by atoms with Crippen LogP contribution < -0.4 is 4.90 Å². The van der Waals surface area contributed by atoms with E-state index in [1.165, 1.54) is 4.90 Å². The molecule has 0 aliphatic carbocycles. The maximum Gasteiger partial charge on any atom is 0.162 e. The first-order chi connectivity index (χ1) is 11.4. The summed E-state index contributed by atoms with van der Waals surface area (Å²) in [6.07, 6.45) is 0. The van der Waals surface area contributed by atoms with Crippen LogP contribution in [0.1, 0.15) is 0 Å². The maximum atomic E-state index is 5.47. The van der Waals surface area contributed by atoms with Crippen LogP contribution in [-0.4, -0.2) is 36.3 Å². The standard InChI is InChI=1S/C18H17N3OS/c1-2-6-14(7-3-1)23-18-17(21-10-12-22-13-11-21)19-15-8-4-5-9-16(15)20-18/h1-9H,10-13H2. The summed E-state index contributed by atoms with van der Waals surface area (Å²) in [5, 5.41) is 0.955. The second kappa shape index (κ2) is 6.56. The van der Waals surface area contributed by atoms with Gasteiger partial charge in [-0.3, -0.25) is 0 Å². The largest absolute Gasteiger partial charge is 0.378 e. The molecule has 3 aromatic rings. The topological polar surface area (TPSA) is 38.2 Å².